The van der Waals surface area contributed by atoms with Gasteiger partial charge in [-0.3, -0.25) is 9.89 Å². The van der Waals surface area contributed by atoms with Gasteiger partial charge in [0.15, 0.2) is 5.96 Å². The molecule has 2 aliphatic rings. The van der Waals surface area contributed by atoms with E-state index in [9.17, 15) is 0 Å². The molecule has 26 heavy (non-hydrogen) atoms. The number of hydrogen-bond acceptors (Lipinski definition) is 4. The van der Waals surface area contributed by atoms with E-state index in [1.54, 1.807) is 0 Å². The summed E-state index contributed by atoms with van der Waals surface area (Å²) < 4.78 is 0. The van der Waals surface area contributed by atoms with Gasteiger partial charge >= 0.3 is 0 Å². The third kappa shape index (κ3) is 7.36. The van der Waals surface area contributed by atoms with Crippen molar-refractivity contribution in [2.45, 2.75) is 45.9 Å². The van der Waals surface area contributed by atoms with Crippen LogP contribution in [0.15, 0.2) is 4.99 Å². The van der Waals surface area contributed by atoms with Crippen LogP contribution in [0.5, 0.6) is 0 Å². The predicted molar refractivity (Wildman–Crippen MR) is 127 cm³/mol. The molecule has 5 nitrogen and oxygen atoms in total. The summed E-state index contributed by atoms with van der Waals surface area (Å²) in [6, 6.07) is 0.521. The largest absolute Gasteiger partial charge is 0.357 e. The van der Waals surface area contributed by atoms with Crippen LogP contribution in [0.2, 0.25) is 0 Å². The lowest BCUT2D eigenvalue weighted by atomic mass is 10.1. The quantitative estimate of drug-likeness (QED) is 0.347. The highest BCUT2D eigenvalue weighted by Crippen LogP contribution is 2.24. The van der Waals surface area contributed by atoms with Crippen molar-refractivity contribution in [1.29, 1.82) is 0 Å². The van der Waals surface area contributed by atoms with Crippen LogP contribution >= 0.6 is 35.7 Å². The second-order valence-corrected chi connectivity index (χ2v) is 8.96. The van der Waals surface area contributed by atoms with Gasteiger partial charge < -0.3 is 15.1 Å². The van der Waals surface area contributed by atoms with Crippen molar-refractivity contribution in [3.8, 4) is 0 Å². The van der Waals surface area contributed by atoms with Crippen LogP contribution in [0, 0.1) is 5.92 Å². The van der Waals surface area contributed by atoms with Crippen LogP contribution < -0.4 is 5.32 Å². The fourth-order valence-electron chi connectivity index (χ4n) is 3.55. The zero-order valence-corrected chi connectivity index (χ0v) is 20.6. The molecule has 2 rings (SSSR count). The molecule has 2 fully saturated rings. The maximum atomic E-state index is 5.01. The molecule has 2 aliphatic heterocycles. The summed E-state index contributed by atoms with van der Waals surface area (Å²) in [5, 5.41) is 4.25. The Hall–Kier alpha value is 0.270. The summed E-state index contributed by atoms with van der Waals surface area (Å²) in [5.74, 6) is 3.05. The molecule has 1 N–H and O–H groups in total. The van der Waals surface area contributed by atoms with Crippen LogP contribution in [-0.4, -0.2) is 96.6 Å². The fraction of sp³-hybridized carbons (Fsp3) is 0.947. The molecule has 7 heteroatoms. The highest BCUT2D eigenvalue weighted by Gasteiger charge is 2.25. The number of halogens is 1. The lowest BCUT2D eigenvalue weighted by Crippen LogP contribution is -2.51. The maximum Gasteiger partial charge on any atom is 0.194 e. The Labute approximate surface area is 182 Å². The van der Waals surface area contributed by atoms with Gasteiger partial charge in [0, 0.05) is 62.9 Å². The number of piperazine rings is 1. The van der Waals surface area contributed by atoms with Gasteiger partial charge in [0.05, 0.1) is 6.54 Å². The van der Waals surface area contributed by atoms with E-state index < -0.39 is 0 Å². The summed E-state index contributed by atoms with van der Waals surface area (Å²) in [5.41, 5.74) is 0. The minimum absolute atomic E-state index is 0. The zero-order valence-electron chi connectivity index (χ0n) is 17.4. The van der Waals surface area contributed by atoms with Gasteiger partial charge in [-0.05, 0) is 26.3 Å². The number of guanidine groups is 1. The van der Waals surface area contributed by atoms with E-state index in [-0.39, 0.29) is 24.0 Å². The first-order chi connectivity index (χ1) is 12.0. The Kier molecular flexibility index (Phi) is 11.8. The van der Waals surface area contributed by atoms with Crippen molar-refractivity contribution in [3.05, 3.63) is 0 Å². The molecule has 0 radical (unpaired) electrons. The molecule has 154 valence electrons. The Balaban J connectivity index is 0.00000338. The molecular formula is C19H40IN5S. The van der Waals surface area contributed by atoms with Crippen LogP contribution in [-0.2, 0) is 0 Å². The number of hydrogen-bond donors (Lipinski definition) is 1. The molecule has 0 bridgehead atoms. The molecular weight excluding hydrogens is 457 g/mol. The predicted octanol–water partition coefficient (Wildman–Crippen LogP) is 2.67. The van der Waals surface area contributed by atoms with Crippen molar-refractivity contribution >= 4 is 41.7 Å². The number of nitrogens with one attached hydrogen (secondary N) is 1. The standard InChI is InChI=1S/C19H39N5S.HI/c1-6-20-19(24-12-13-25-18(15-24)16(3)4)21-14-17(5)23-10-8-22(7-2)9-11-23;/h16-18H,6-15H2,1-5H3,(H,20,21);1H. The second-order valence-electron chi connectivity index (χ2n) is 7.61. The van der Waals surface area contributed by atoms with E-state index in [1.165, 1.54) is 38.5 Å². The van der Waals surface area contributed by atoms with Gasteiger partial charge in [0.1, 0.15) is 0 Å². The molecule has 2 saturated heterocycles. The molecule has 0 amide bonds. The molecule has 0 spiro atoms. The van der Waals surface area contributed by atoms with Crippen molar-refractivity contribution in [2.24, 2.45) is 10.9 Å². The fourth-order valence-corrected chi connectivity index (χ4v) is 4.85. The first kappa shape index (κ1) is 24.3. The topological polar surface area (TPSA) is 34.1 Å². The molecule has 2 atom stereocenters. The van der Waals surface area contributed by atoms with Gasteiger partial charge in [-0.2, -0.15) is 11.8 Å². The number of thioether (sulfide) groups is 1. The Bertz CT molecular complexity index is 413. The minimum atomic E-state index is 0. The monoisotopic (exact) mass is 497 g/mol. The van der Waals surface area contributed by atoms with E-state index in [4.69, 9.17) is 4.99 Å². The summed E-state index contributed by atoms with van der Waals surface area (Å²) in [6.07, 6.45) is 0. The van der Waals surface area contributed by atoms with Crippen LogP contribution in [0.25, 0.3) is 0 Å². The summed E-state index contributed by atoms with van der Waals surface area (Å²) >= 11 is 2.12. The van der Waals surface area contributed by atoms with E-state index in [0.29, 0.717) is 6.04 Å². The third-order valence-corrected chi connectivity index (χ3v) is 6.99. The number of rotatable bonds is 6. The van der Waals surface area contributed by atoms with E-state index in [1.807, 2.05) is 0 Å². The minimum Gasteiger partial charge on any atom is -0.357 e. The normalized spacial score (nSPS) is 24.5. The molecule has 0 aromatic heterocycles. The highest BCUT2D eigenvalue weighted by atomic mass is 127. The molecule has 2 unspecified atom stereocenters. The molecule has 0 aromatic carbocycles. The molecule has 0 aliphatic carbocycles. The molecule has 0 saturated carbocycles. The van der Waals surface area contributed by atoms with E-state index in [0.717, 1.165) is 43.3 Å². The number of nitrogens with zero attached hydrogens (tertiary/aromatic N) is 4. The van der Waals surface area contributed by atoms with Gasteiger partial charge in [-0.1, -0.05) is 20.8 Å². The van der Waals surface area contributed by atoms with Crippen molar-refractivity contribution in [3.63, 3.8) is 0 Å². The van der Waals surface area contributed by atoms with E-state index >= 15 is 0 Å². The van der Waals surface area contributed by atoms with E-state index in [2.05, 4.69) is 66.4 Å². The number of aliphatic imine (C=N–C) groups is 1. The molecule has 0 aromatic rings. The average molecular weight is 498 g/mol. The summed E-state index contributed by atoms with van der Waals surface area (Å²) in [4.78, 5) is 12.6. The molecule has 2 heterocycles. The van der Waals surface area contributed by atoms with Gasteiger partial charge in [0.2, 0.25) is 0 Å². The summed E-state index contributed by atoms with van der Waals surface area (Å²) in [7, 11) is 0. The Morgan fingerprint density at radius 2 is 1.81 bits per heavy atom. The first-order valence-electron chi connectivity index (χ1n) is 10.2. The van der Waals surface area contributed by atoms with Gasteiger partial charge in [-0.15, -0.1) is 24.0 Å². The first-order valence-corrected chi connectivity index (χ1v) is 11.2. The van der Waals surface area contributed by atoms with Crippen LogP contribution in [0.1, 0.15) is 34.6 Å². The summed E-state index contributed by atoms with van der Waals surface area (Å²) in [6.45, 7) is 21.4. The zero-order chi connectivity index (χ0) is 18.2. The van der Waals surface area contributed by atoms with Crippen molar-refractivity contribution in [1.82, 2.24) is 20.0 Å². The highest BCUT2D eigenvalue weighted by molar-refractivity contribution is 14.0. The van der Waals surface area contributed by atoms with Gasteiger partial charge in [0.25, 0.3) is 0 Å². The maximum absolute atomic E-state index is 5.01. The van der Waals surface area contributed by atoms with Gasteiger partial charge in [-0.25, -0.2) is 0 Å². The van der Waals surface area contributed by atoms with Crippen molar-refractivity contribution in [2.75, 3.05) is 64.7 Å². The lowest BCUT2D eigenvalue weighted by molar-refractivity contribution is 0.109. The Morgan fingerprint density at radius 3 is 2.38 bits per heavy atom. The SMILES string of the molecule is CCNC(=NCC(C)N1CCN(CC)CC1)N1CCSC(C(C)C)C1.I. The Morgan fingerprint density at radius 1 is 1.12 bits per heavy atom. The second kappa shape index (κ2) is 12.7. The van der Waals surface area contributed by atoms with Crippen LogP contribution in [0.4, 0.5) is 0 Å². The van der Waals surface area contributed by atoms with Crippen LogP contribution in [0.3, 0.4) is 0 Å². The third-order valence-electron chi connectivity index (χ3n) is 5.45. The number of likely N-dealkylation sites (N-methyl/N-ethyl adjacent to an activating group) is 1. The van der Waals surface area contributed by atoms with Crippen molar-refractivity contribution < 1.29 is 0 Å². The average Bonchev–Trinajstić information content (AvgIpc) is 2.65. The smallest absolute Gasteiger partial charge is 0.194 e. The lowest BCUT2D eigenvalue weighted by Gasteiger charge is -2.38.